The average Bonchev–Trinajstić information content (AvgIpc) is 1.00. The summed E-state index contributed by atoms with van der Waals surface area (Å²) in [6.07, 6.45) is 0. The monoisotopic (exact) mass is 219 g/mol. The Bertz CT molecular complexity index is 6.00. The Morgan fingerprint density at radius 1 is 1.00 bits per heavy atom. The molecule has 0 rings (SSSR count). The third-order valence-corrected chi connectivity index (χ3v) is 0. The molecule has 0 aliphatic heterocycles. The van der Waals surface area contributed by atoms with Crippen molar-refractivity contribution in [3.05, 3.63) is 0 Å². The van der Waals surface area contributed by atoms with Crippen molar-refractivity contribution in [1.82, 2.24) is 0 Å². The Morgan fingerprint density at radius 2 is 1.00 bits per heavy atom. The Hall–Kier alpha value is 2.21. The maximum absolute atomic E-state index is 2.22. The molecule has 0 unspecified atom stereocenters. The molecule has 0 saturated carbocycles. The quantitative estimate of drug-likeness (QED) is 0.474. The first-order valence-electron chi connectivity index (χ1n) is 0.500. The van der Waals surface area contributed by atoms with E-state index in [0.717, 1.165) is 41.3 Å². The van der Waals surface area contributed by atoms with E-state index in [1.54, 1.807) is 0 Å². The fourth-order valence-electron chi connectivity index (χ4n) is 0. The summed E-state index contributed by atoms with van der Waals surface area (Å²) in [5.74, 6) is 0. The van der Waals surface area contributed by atoms with E-state index in [9.17, 15) is 0 Å². The molecule has 0 aliphatic carbocycles. The number of hydrogen-bond donors (Lipinski definition) is 0. The third-order valence-electron chi connectivity index (χ3n) is 0. The van der Waals surface area contributed by atoms with Crippen LogP contribution in [0.2, 0.25) is 0 Å². The second-order valence-corrected chi connectivity index (χ2v) is 0. The molecule has 0 amide bonds. The minimum absolute atomic E-state index is 0. The van der Waals surface area contributed by atoms with Crippen molar-refractivity contribution in [1.29, 1.82) is 0 Å². The zero-order valence-corrected chi connectivity index (χ0v) is 10.2. The van der Waals surface area contributed by atoms with Gasteiger partial charge in [0.15, 0.2) is 0 Å². The van der Waals surface area contributed by atoms with Crippen LogP contribution < -0.4 is 0 Å². The van der Waals surface area contributed by atoms with Gasteiger partial charge in [-0.05, 0) is 0 Å². The molecule has 19 valence electrons. The van der Waals surface area contributed by atoms with Gasteiger partial charge in [0, 0.05) is 0 Å². The van der Waals surface area contributed by atoms with Crippen LogP contribution in [0.4, 0.5) is 0 Å². The van der Waals surface area contributed by atoms with Gasteiger partial charge in [0.05, 0.1) is 0 Å². The van der Waals surface area contributed by atoms with E-state index in [4.69, 9.17) is 0 Å². The van der Waals surface area contributed by atoms with Gasteiger partial charge in [-0.15, -0.1) is 0 Å². The van der Waals surface area contributed by atoms with Crippen LogP contribution in [-0.2, 0) is 21.3 Å². The van der Waals surface area contributed by atoms with E-state index in [1.165, 1.54) is 0 Å². The van der Waals surface area contributed by atoms with Gasteiger partial charge >= 0.3 is 51.7 Å². The van der Waals surface area contributed by atoms with Crippen molar-refractivity contribution in [2.45, 2.75) is 0 Å². The van der Waals surface area contributed by atoms with E-state index in [2.05, 4.69) is 10.4 Å². The fourth-order valence-corrected chi connectivity index (χ4v) is 0. The predicted octanol–water partition coefficient (Wildman–Crippen LogP) is -0.889. The Kier molecular flexibility index (Phi) is 77.4. The molecule has 0 aromatic heterocycles. The van der Waals surface area contributed by atoms with Crippen molar-refractivity contribution < 1.29 is 21.3 Å². The summed E-state index contributed by atoms with van der Waals surface area (Å²) < 4.78 is 0. The second kappa shape index (κ2) is 18.9. The third kappa shape index (κ3) is 8.88. The van der Waals surface area contributed by atoms with E-state index < -0.39 is 0 Å². The normalized spacial score (nSPS) is 1.25. The molecule has 0 N–H and O–H groups in total. The van der Waals surface area contributed by atoms with Gasteiger partial charge in [0.2, 0.25) is 0 Å². The molecule has 0 aliphatic rings. The summed E-state index contributed by atoms with van der Waals surface area (Å²) in [4.78, 5) is 0. The van der Waals surface area contributed by atoms with Crippen LogP contribution in [0.1, 0.15) is 0 Å². The zero-order chi connectivity index (χ0) is 2.00. The number of hydrogen-bond acceptors (Lipinski definition) is 0. The summed E-state index contributed by atoms with van der Waals surface area (Å²) in [7, 11) is 2.22. The van der Waals surface area contributed by atoms with Gasteiger partial charge in [0.25, 0.3) is 0 Å². The predicted molar refractivity (Wildman–Crippen MR) is 8.52 cm³/mol. The van der Waals surface area contributed by atoms with Gasteiger partial charge in [-0.1, -0.05) is 0 Å². The van der Waals surface area contributed by atoms with Crippen molar-refractivity contribution >= 4 is 41.3 Å². The molecule has 0 fully saturated rings. The Morgan fingerprint density at radius 3 is 1.00 bits per heavy atom. The summed E-state index contributed by atoms with van der Waals surface area (Å²) in [5.41, 5.74) is 0. The molecule has 0 heterocycles. The minimum atomic E-state index is 0. The molecule has 0 spiro atoms. The van der Waals surface area contributed by atoms with Crippen LogP contribution in [0.25, 0.3) is 0 Å². The zero-order valence-electron chi connectivity index (χ0n) is 2.32. The van der Waals surface area contributed by atoms with Crippen molar-refractivity contribution in [3.8, 4) is 0 Å². The fraction of sp³-hybridized carbons (Fsp3) is 0. The first-order valence-corrected chi connectivity index (χ1v) is 15.0. The van der Waals surface area contributed by atoms with Gasteiger partial charge in [-0.2, -0.15) is 0 Å². The standard InChI is InChI=1S/Ba.2O.Ti.H/q;2*-2;+4;. The molecule has 0 bridgehead atoms. The average molecular weight is 218 g/mol. The van der Waals surface area contributed by atoms with E-state index >= 15 is 0 Å². The van der Waals surface area contributed by atoms with E-state index in [-0.39, 0.29) is 11.0 Å². The van der Waals surface area contributed by atoms with Gasteiger partial charge in [0.1, 0.15) is 0 Å². The number of rotatable bonds is 0. The van der Waals surface area contributed by atoms with E-state index in [1.807, 2.05) is 0 Å². The molecule has 0 saturated heterocycles. The maximum atomic E-state index is 2.22. The van der Waals surface area contributed by atoms with Crippen LogP contribution in [0.5, 0.6) is 0 Å². The summed E-state index contributed by atoms with van der Waals surface area (Å²) in [6, 6.07) is 0. The SMILES string of the molecule is [O-2].[O-2].[Ti+4][BaH]. The molecule has 4 heavy (non-hydrogen) atoms. The molecule has 0 radical (unpaired) electrons. The summed E-state index contributed by atoms with van der Waals surface area (Å²) in [6.45, 7) is 0. The van der Waals surface area contributed by atoms with E-state index in [0.29, 0.717) is 0 Å². The molecule has 0 aromatic rings. The van der Waals surface area contributed by atoms with Crippen LogP contribution >= 0.6 is 0 Å². The van der Waals surface area contributed by atoms with Crippen LogP contribution in [-0.4, -0.2) is 41.3 Å². The van der Waals surface area contributed by atoms with Crippen molar-refractivity contribution in [2.24, 2.45) is 0 Å². The molecular weight excluding hydrogens is 217 g/mol. The molecular formula is HBaO2Ti. The van der Waals surface area contributed by atoms with Crippen LogP contribution in [0, 0.1) is 0 Å². The topological polar surface area (TPSA) is 57.0 Å². The first kappa shape index (κ1) is 16.4. The van der Waals surface area contributed by atoms with Crippen LogP contribution in [0.3, 0.4) is 0 Å². The Balaban J connectivity index is -0.00000000500. The molecule has 0 aromatic carbocycles. The van der Waals surface area contributed by atoms with Crippen molar-refractivity contribution in [2.75, 3.05) is 0 Å². The van der Waals surface area contributed by atoms with Gasteiger partial charge in [-0.25, -0.2) is 0 Å². The first-order chi connectivity index (χ1) is 1.00. The van der Waals surface area contributed by atoms with Gasteiger partial charge in [-0.3, -0.25) is 0 Å². The Labute approximate surface area is 61.0 Å². The van der Waals surface area contributed by atoms with Crippen molar-refractivity contribution in [3.63, 3.8) is 0 Å². The second-order valence-electron chi connectivity index (χ2n) is 0. The summed E-state index contributed by atoms with van der Waals surface area (Å²) in [5, 5.41) is 0. The van der Waals surface area contributed by atoms with Crippen LogP contribution in [0.15, 0.2) is 0 Å². The molecule has 0 atom stereocenters. The summed E-state index contributed by atoms with van der Waals surface area (Å²) >= 11 is 0.889. The van der Waals surface area contributed by atoms with Gasteiger partial charge < -0.3 is 11.0 Å². The molecule has 2 nitrogen and oxygen atoms in total. The molecule has 4 heteroatoms.